The zero-order valence-electron chi connectivity index (χ0n) is 20.0. The quantitative estimate of drug-likeness (QED) is 0.0597. The van der Waals surface area contributed by atoms with Crippen LogP contribution in [0.3, 0.4) is 0 Å². The van der Waals surface area contributed by atoms with Crippen LogP contribution < -0.4 is 4.90 Å². The van der Waals surface area contributed by atoms with Crippen LogP contribution in [0.2, 0.25) is 0 Å². The highest BCUT2D eigenvalue weighted by Gasteiger charge is 2.13. The van der Waals surface area contributed by atoms with E-state index in [1.54, 1.807) is 20.8 Å². The lowest BCUT2D eigenvalue weighted by Gasteiger charge is -2.20. The molecule has 0 spiro atoms. The van der Waals surface area contributed by atoms with Crippen LogP contribution in [-0.2, 0) is 42.8 Å². The topological polar surface area (TPSA) is 111 Å². The molecule has 0 rings (SSSR count). The van der Waals surface area contributed by atoms with Crippen LogP contribution in [0.15, 0.2) is 0 Å². The predicted molar refractivity (Wildman–Crippen MR) is 151 cm³/mol. The molecule has 0 aromatic carbocycles. The van der Waals surface area contributed by atoms with Crippen LogP contribution in [0.4, 0.5) is 0 Å². The van der Waals surface area contributed by atoms with Gasteiger partial charge in [-0.2, -0.15) is 0 Å². The Morgan fingerprint density at radius 3 is 1.03 bits per heavy atom. The van der Waals surface area contributed by atoms with Crippen molar-refractivity contribution in [2.24, 2.45) is 0 Å². The van der Waals surface area contributed by atoms with Gasteiger partial charge < -0.3 is 33.3 Å². The summed E-state index contributed by atoms with van der Waals surface area (Å²) in [6.45, 7) is 10.7. The number of quaternary nitrogens is 1. The van der Waals surface area contributed by atoms with E-state index in [4.69, 9.17) is 28.4 Å². The van der Waals surface area contributed by atoms with E-state index in [-0.39, 0.29) is 49.5 Å². The third-order valence-corrected chi connectivity index (χ3v) is 5.72. The molecule has 0 fully saturated rings. The summed E-state index contributed by atoms with van der Waals surface area (Å²) in [5.41, 5.74) is 0. The predicted octanol–water partition coefficient (Wildman–Crippen LogP) is 1.02. The van der Waals surface area contributed by atoms with Gasteiger partial charge in [-0.05, 0) is 20.8 Å². The van der Waals surface area contributed by atoms with Crippen molar-refractivity contribution in [3.8, 4) is 0 Å². The van der Waals surface area contributed by atoms with E-state index in [0.29, 0.717) is 39.6 Å². The van der Waals surface area contributed by atoms with Gasteiger partial charge in [-0.25, -0.2) is 0 Å². The number of alkyl halides is 3. The molecule has 0 aliphatic rings. The van der Waals surface area contributed by atoms with Crippen LogP contribution >= 0.6 is 67.8 Å². The van der Waals surface area contributed by atoms with Gasteiger partial charge >= 0.3 is 17.9 Å². The summed E-state index contributed by atoms with van der Waals surface area (Å²) in [7, 11) is 0. The Hall–Kier alpha value is 0.440. The number of carbonyl (C=O) groups excluding carboxylic acids is 3. The lowest BCUT2D eigenvalue weighted by Crippen LogP contribution is -3.13. The number of hydrogen-bond acceptors (Lipinski definition) is 9. The molecule has 10 nitrogen and oxygen atoms in total. The second kappa shape index (κ2) is 22.6. The highest BCUT2D eigenvalue weighted by molar-refractivity contribution is 14.1. The second-order valence-corrected chi connectivity index (χ2v) is 12.8. The fourth-order valence-electron chi connectivity index (χ4n) is 2.28. The van der Waals surface area contributed by atoms with Crippen molar-refractivity contribution < 1.29 is 47.7 Å². The summed E-state index contributed by atoms with van der Waals surface area (Å²) in [5, 5.41) is 0. The van der Waals surface area contributed by atoms with Crippen molar-refractivity contribution >= 4 is 85.7 Å². The summed E-state index contributed by atoms with van der Waals surface area (Å²) in [6, 6.07) is 0. The zero-order valence-corrected chi connectivity index (χ0v) is 26.5. The largest absolute Gasteiger partial charge is 0.462 e. The van der Waals surface area contributed by atoms with Gasteiger partial charge in [0.15, 0.2) is 0 Å². The maximum atomic E-state index is 11.4. The molecular formula is C21H37I3NO9+. The van der Waals surface area contributed by atoms with Crippen molar-refractivity contribution in [3.05, 3.63) is 0 Å². The van der Waals surface area contributed by atoms with E-state index in [1.165, 1.54) is 4.90 Å². The Morgan fingerprint density at radius 1 is 0.529 bits per heavy atom. The van der Waals surface area contributed by atoms with E-state index in [1.807, 2.05) is 67.8 Å². The van der Waals surface area contributed by atoms with Gasteiger partial charge in [0.05, 0.1) is 39.6 Å². The summed E-state index contributed by atoms with van der Waals surface area (Å²) in [5.74, 6) is -0.742. The molecule has 0 heterocycles. The Balaban J connectivity index is 4.14. The second-order valence-electron chi connectivity index (χ2n) is 7.19. The van der Waals surface area contributed by atoms with E-state index in [0.717, 1.165) is 19.6 Å². The molecule has 0 aliphatic heterocycles. The number of hydrogen-bond donors (Lipinski definition) is 1. The van der Waals surface area contributed by atoms with Crippen LogP contribution in [0.5, 0.6) is 0 Å². The van der Waals surface area contributed by atoms with Crippen molar-refractivity contribution in [3.63, 3.8) is 0 Å². The summed E-state index contributed by atoms with van der Waals surface area (Å²) < 4.78 is 31.5. The maximum Gasteiger partial charge on any atom is 0.318 e. The third kappa shape index (κ3) is 20.6. The Morgan fingerprint density at radius 2 is 0.794 bits per heavy atom. The van der Waals surface area contributed by atoms with E-state index < -0.39 is 0 Å². The van der Waals surface area contributed by atoms with Crippen LogP contribution in [0.25, 0.3) is 0 Å². The average Bonchev–Trinajstić information content (AvgIpc) is 2.78. The smallest absolute Gasteiger partial charge is 0.318 e. The fourth-order valence-corrected chi connectivity index (χ4v) is 2.82. The molecule has 0 bridgehead atoms. The van der Waals surface area contributed by atoms with Crippen molar-refractivity contribution in [1.29, 1.82) is 0 Å². The van der Waals surface area contributed by atoms with Crippen LogP contribution in [0, 0.1) is 0 Å². The normalized spacial score (nSPS) is 14.6. The van der Waals surface area contributed by atoms with E-state index in [9.17, 15) is 14.4 Å². The van der Waals surface area contributed by atoms with E-state index >= 15 is 0 Å². The number of esters is 3. The minimum atomic E-state index is -0.247. The maximum absolute atomic E-state index is 11.4. The Bertz CT molecular complexity index is 490. The third-order valence-electron chi connectivity index (χ3n) is 4.19. The van der Waals surface area contributed by atoms with Gasteiger partial charge in [0, 0.05) is 0 Å². The van der Waals surface area contributed by atoms with Crippen LogP contribution in [-0.4, -0.2) is 109 Å². The molecule has 1 N–H and O–H groups in total. The highest BCUT2D eigenvalue weighted by atomic mass is 127. The number of rotatable bonds is 21. The molecule has 34 heavy (non-hydrogen) atoms. The Labute approximate surface area is 243 Å². The molecule has 3 atom stereocenters. The zero-order chi connectivity index (χ0) is 25.8. The highest BCUT2D eigenvalue weighted by Crippen LogP contribution is 2.01. The van der Waals surface area contributed by atoms with Gasteiger partial charge in [-0.15, -0.1) is 0 Å². The number of nitrogens with one attached hydrogen (secondary N) is 1. The monoisotopic (exact) mass is 828 g/mol. The number of halogens is 3. The molecular weight excluding hydrogens is 791 g/mol. The number of ether oxygens (including phenoxy) is 6. The molecule has 0 aromatic heterocycles. The first-order valence-corrected chi connectivity index (χ1v) is 14.9. The Kier molecular flexibility index (Phi) is 22.9. The summed E-state index contributed by atoms with van der Waals surface area (Å²) in [4.78, 5) is 35.5. The van der Waals surface area contributed by atoms with Crippen molar-refractivity contribution in [2.45, 2.75) is 32.5 Å². The molecule has 0 aromatic rings. The summed E-state index contributed by atoms with van der Waals surface area (Å²) >= 11 is 6.02. The molecule has 0 saturated heterocycles. The van der Waals surface area contributed by atoms with Crippen LogP contribution in [0.1, 0.15) is 20.8 Å². The lowest BCUT2D eigenvalue weighted by atomic mass is 10.4. The lowest BCUT2D eigenvalue weighted by molar-refractivity contribution is -0.901. The standard InChI is InChI=1S/C21H36I3NO9/c1-16(22)19(26)32-13-10-29-7-4-25(5-8-30-11-14-33-20(27)17(2)23)6-9-31-12-15-34-21(28)18(3)24/h16-18H,4-15H2,1-3H3/p+1. The molecule has 0 saturated carbocycles. The molecule has 0 amide bonds. The first kappa shape index (κ1) is 34.4. The van der Waals surface area contributed by atoms with Crippen molar-refractivity contribution in [1.82, 2.24) is 0 Å². The average molecular weight is 828 g/mol. The molecule has 200 valence electrons. The molecule has 0 aliphatic carbocycles. The summed E-state index contributed by atoms with van der Waals surface area (Å²) in [6.07, 6.45) is 0. The molecule has 13 heteroatoms. The molecule has 0 radical (unpaired) electrons. The SMILES string of the molecule is CC(I)C(=O)OCCOCC[NH+](CCOCCOC(=O)C(C)I)CCOCCOC(=O)C(C)I. The van der Waals surface area contributed by atoms with E-state index in [2.05, 4.69) is 0 Å². The first-order chi connectivity index (χ1) is 16.1. The first-order valence-electron chi connectivity index (χ1n) is 11.1. The van der Waals surface area contributed by atoms with Gasteiger partial charge in [0.25, 0.3) is 0 Å². The number of carbonyl (C=O) groups is 3. The van der Waals surface area contributed by atoms with Gasteiger partial charge in [0.1, 0.15) is 51.2 Å². The fraction of sp³-hybridized carbons (Fsp3) is 0.857. The molecule has 3 unspecified atom stereocenters. The van der Waals surface area contributed by atoms with Gasteiger partial charge in [-0.3, -0.25) is 14.4 Å². The minimum absolute atomic E-state index is 0.181. The van der Waals surface area contributed by atoms with Crippen molar-refractivity contribution in [2.75, 3.05) is 79.1 Å². The van der Waals surface area contributed by atoms with Gasteiger partial charge in [-0.1, -0.05) is 67.8 Å². The minimum Gasteiger partial charge on any atom is -0.462 e. The van der Waals surface area contributed by atoms with Gasteiger partial charge in [0.2, 0.25) is 0 Å².